The number of methoxy groups -OCH3 is 1. The van der Waals surface area contributed by atoms with Crippen molar-refractivity contribution in [1.29, 1.82) is 0 Å². The van der Waals surface area contributed by atoms with E-state index in [4.69, 9.17) is 10.6 Å². The summed E-state index contributed by atoms with van der Waals surface area (Å²) in [5.41, 5.74) is 5.38. The van der Waals surface area contributed by atoms with Gasteiger partial charge < -0.3 is 10.5 Å². The smallest absolute Gasteiger partial charge is 0.330 e. The molecule has 2 atom stereocenters. The van der Waals surface area contributed by atoms with E-state index in [-0.39, 0.29) is 6.61 Å². The van der Waals surface area contributed by atoms with Gasteiger partial charge in [0, 0.05) is 0 Å². The van der Waals surface area contributed by atoms with Crippen LogP contribution in [0.4, 0.5) is 0 Å². The zero-order valence-electron chi connectivity index (χ0n) is 7.52. The average molecular weight is 188 g/mol. The van der Waals surface area contributed by atoms with Gasteiger partial charge in [0.25, 0.3) is 5.91 Å². The fraction of sp³-hybridized carbons (Fsp3) is 0.714. The highest BCUT2D eigenvalue weighted by atomic mass is 16.7. The minimum absolute atomic E-state index is 0.111. The molecule has 0 aromatic carbocycles. The molecule has 1 unspecified atom stereocenters. The van der Waals surface area contributed by atoms with Crippen LogP contribution in [0.25, 0.3) is 0 Å². The van der Waals surface area contributed by atoms with Crippen LogP contribution in [0, 0.1) is 0 Å². The summed E-state index contributed by atoms with van der Waals surface area (Å²) in [5.74, 6) is -0.916. The third-order valence-electron chi connectivity index (χ3n) is 1.82. The Bertz CT molecular complexity index is 231. The van der Waals surface area contributed by atoms with Crippen molar-refractivity contribution < 1.29 is 19.2 Å². The highest BCUT2D eigenvalue weighted by molar-refractivity contribution is 5.87. The third kappa shape index (κ3) is 1.78. The van der Waals surface area contributed by atoms with Gasteiger partial charge in [0.15, 0.2) is 6.04 Å². The molecule has 74 valence electrons. The van der Waals surface area contributed by atoms with E-state index < -0.39 is 24.0 Å². The molecule has 1 rings (SSSR count). The van der Waals surface area contributed by atoms with Crippen LogP contribution >= 0.6 is 0 Å². The summed E-state index contributed by atoms with van der Waals surface area (Å²) < 4.78 is 4.45. The average Bonchev–Trinajstić information content (AvgIpc) is 2.45. The van der Waals surface area contributed by atoms with Crippen molar-refractivity contribution in [3.05, 3.63) is 0 Å². The lowest BCUT2D eigenvalue weighted by Crippen LogP contribution is -2.43. The molecule has 1 amide bonds. The van der Waals surface area contributed by atoms with Crippen molar-refractivity contribution in [1.82, 2.24) is 5.06 Å². The Kier molecular flexibility index (Phi) is 2.84. The van der Waals surface area contributed by atoms with Crippen molar-refractivity contribution in [2.45, 2.75) is 19.0 Å². The number of rotatable bonds is 2. The SMILES string of the molecule is COC(=O)C(C)N1OC[C@H](N)C1=O. The van der Waals surface area contributed by atoms with Gasteiger partial charge in [-0.05, 0) is 6.92 Å². The lowest BCUT2D eigenvalue weighted by molar-refractivity contribution is -0.185. The van der Waals surface area contributed by atoms with Gasteiger partial charge in [0.05, 0.1) is 13.7 Å². The number of hydroxylamine groups is 2. The van der Waals surface area contributed by atoms with Crippen molar-refractivity contribution in [2.24, 2.45) is 5.73 Å². The summed E-state index contributed by atoms with van der Waals surface area (Å²) >= 11 is 0. The van der Waals surface area contributed by atoms with E-state index in [2.05, 4.69) is 4.74 Å². The molecule has 1 heterocycles. The van der Waals surface area contributed by atoms with Crippen LogP contribution in [0.2, 0.25) is 0 Å². The summed E-state index contributed by atoms with van der Waals surface area (Å²) in [6.07, 6.45) is 0. The van der Waals surface area contributed by atoms with E-state index in [1.807, 2.05) is 0 Å². The minimum atomic E-state index is -0.744. The van der Waals surface area contributed by atoms with Crippen LogP contribution in [0.1, 0.15) is 6.92 Å². The molecule has 0 radical (unpaired) electrons. The normalized spacial score (nSPS) is 24.7. The number of nitrogens with zero attached hydrogens (tertiary/aromatic N) is 1. The van der Waals surface area contributed by atoms with E-state index in [0.717, 1.165) is 5.06 Å². The maximum absolute atomic E-state index is 11.2. The molecular formula is C7H12N2O4. The van der Waals surface area contributed by atoms with E-state index in [0.29, 0.717) is 0 Å². The van der Waals surface area contributed by atoms with Gasteiger partial charge in [-0.3, -0.25) is 9.63 Å². The monoisotopic (exact) mass is 188 g/mol. The summed E-state index contributed by atoms with van der Waals surface area (Å²) in [6, 6.07) is -1.42. The summed E-state index contributed by atoms with van der Waals surface area (Å²) in [5, 5.41) is 0.955. The van der Waals surface area contributed by atoms with Crippen LogP contribution in [-0.2, 0) is 19.2 Å². The standard InChI is InChI=1S/C7H12N2O4/c1-4(7(11)12-2)9-6(10)5(8)3-13-9/h4-5H,3,8H2,1-2H3/t4?,5-/m0/s1. The molecule has 0 aromatic rings. The first-order valence-corrected chi connectivity index (χ1v) is 3.87. The molecule has 1 fully saturated rings. The Labute approximate surface area is 75.5 Å². The molecule has 6 heteroatoms. The molecule has 1 aliphatic rings. The maximum atomic E-state index is 11.2. The van der Waals surface area contributed by atoms with Crippen molar-refractivity contribution in [2.75, 3.05) is 13.7 Å². The van der Waals surface area contributed by atoms with E-state index in [1.165, 1.54) is 14.0 Å². The first kappa shape index (κ1) is 9.94. The Hall–Kier alpha value is -1.14. The quantitative estimate of drug-likeness (QED) is 0.542. The zero-order chi connectivity index (χ0) is 10.0. The van der Waals surface area contributed by atoms with Crippen LogP contribution in [0.5, 0.6) is 0 Å². The number of ether oxygens (including phenoxy) is 1. The van der Waals surface area contributed by atoms with Gasteiger partial charge in [0.2, 0.25) is 0 Å². The second-order valence-electron chi connectivity index (χ2n) is 2.77. The molecule has 0 saturated carbocycles. The van der Waals surface area contributed by atoms with Crippen molar-refractivity contribution >= 4 is 11.9 Å². The second-order valence-corrected chi connectivity index (χ2v) is 2.77. The van der Waals surface area contributed by atoms with Crippen molar-refractivity contribution in [3.63, 3.8) is 0 Å². The highest BCUT2D eigenvalue weighted by Gasteiger charge is 2.36. The molecule has 0 aromatic heterocycles. The number of nitrogens with two attached hydrogens (primary N) is 1. The van der Waals surface area contributed by atoms with Crippen LogP contribution in [0.3, 0.4) is 0 Å². The van der Waals surface area contributed by atoms with Gasteiger partial charge in [0.1, 0.15) is 6.04 Å². The van der Waals surface area contributed by atoms with Crippen LogP contribution in [0.15, 0.2) is 0 Å². The largest absolute Gasteiger partial charge is 0.467 e. The predicted octanol–water partition coefficient (Wildman–Crippen LogP) is -1.35. The van der Waals surface area contributed by atoms with E-state index in [9.17, 15) is 9.59 Å². The molecule has 2 N–H and O–H groups in total. The number of esters is 1. The lowest BCUT2D eigenvalue weighted by Gasteiger charge is -2.19. The summed E-state index contributed by atoms with van der Waals surface area (Å²) in [7, 11) is 1.25. The second kappa shape index (κ2) is 3.71. The van der Waals surface area contributed by atoms with Gasteiger partial charge in [-0.1, -0.05) is 0 Å². The first-order chi connectivity index (χ1) is 6.07. The highest BCUT2D eigenvalue weighted by Crippen LogP contribution is 2.11. The fourth-order valence-electron chi connectivity index (χ4n) is 1.03. The van der Waals surface area contributed by atoms with Gasteiger partial charge in [-0.2, -0.15) is 0 Å². The van der Waals surface area contributed by atoms with Crippen LogP contribution < -0.4 is 5.73 Å². The van der Waals surface area contributed by atoms with E-state index in [1.54, 1.807) is 0 Å². The zero-order valence-corrected chi connectivity index (χ0v) is 7.52. The molecule has 13 heavy (non-hydrogen) atoms. The molecule has 0 aliphatic carbocycles. The number of hydrogen-bond acceptors (Lipinski definition) is 5. The topological polar surface area (TPSA) is 81.9 Å². The Morgan fingerprint density at radius 1 is 1.85 bits per heavy atom. The number of carbonyl (C=O) groups excluding carboxylic acids is 2. The molecular weight excluding hydrogens is 176 g/mol. The lowest BCUT2D eigenvalue weighted by atomic mass is 10.3. The molecule has 1 aliphatic heterocycles. The van der Waals surface area contributed by atoms with Gasteiger partial charge >= 0.3 is 5.97 Å². The summed E-state index contributed by atoms with van der Waals surface area (Å²) in [6.45, 7) is 1.63. The Morgan fingerprint density at radius 3 is 2.85 bits per heavy atom. The first-order valence-electron chi connectivity index (χ1n) is 3.87. The third-order valence-corrected chi connectivity index (χ3v) is 1.82. The Morgan fingerprint density at radius 2 is 2.46 bits per heavy atom. The number of amides is 1. The molecule has 0 bridgehead atoms. The van der Waals surface area contributed by atoms with Gasteiger partial charge in [-0.15, -0.1) is 0 Å². The van der Waals surface area contributed by atoms with E-state index >= 15 is 0 Å². The number of carbonyl (C=O) groups is 2. The minimum Gasteiger partial charge on any atom is -0.467 e. The predicted molar refractivity (Wildman–Crippen MR) is 42.3 cm³/mol. The maximum Gasteiger partial charge on any atom is 0.330 e. The number of hydrogen-bond donors (Lipinski definition) is 1. The molecule has 0 spiro atoms. The van der Waals surface area contributed by atoms with Crippen LogP contribution in [-0.4, -0.2) is 42.7 Å². The summed E-state index contributed by atoms with van der Waals surface area (Å²) in [4.78, 5) is 27.2. The van der Waals surface area contributed by atoms with Crippen molar-refractivity contribution in [3.8, 4) is 0 Å². The molecule has 1 saturated heterocycles. The molecule has 6 nitrogen and oxygen atoms in total. The van der Waals surface area contributed by atoms with Gasteiger partial charge in [-0.25, -0.2) is 9.86 Å². The Balaban J connectivity index is 2.63. The fourth-order valence-corrected chi connectivity index (χ4v) is 1.03.